The molecule has 2 aliphatic rings. The molecule has 2 aromatic rings. The minimum Gasteiger partial charge on any atom is -0.497 e. The lowest BCUT2D eigenvalue weighted by atomic mass is 9.93. The Kier molecular flexibility index (Phi) is 4.29. The van der Waals surface area contributed by atoms with Gasteiger partial charge in [0.2, 0.25) is 5.91 Å². The standard InChI is InChI=1S/C19H22N2O2S/c1-23-15-6-2-13(3-7-15)19-16-9-11-24-17(16)8-10-21(19)18(22)12-20-14-4-5-14/h2-3,6-7,9,11,14,19-20H,4-5,8,10,12H2,1H3. The minimum absolute atomic E-state index is 0.0133. The smallest absolute Gasteiger partial charge is 0.237 e. The molecule has 24 heavy (non-hydrogen) atoms. The monoisotopic (exact) mass is 342 g/mol. The van der Waals surface area contributed by atoms with Gasteiger partial charge in [-0.25, -0.2) is 0 Å². The molecule has 1 amide bonds. The summed E-state index contributed by atoms with van der Waals surface area (Å²) in [7, 11) is 1.67. The number of hydrogen-bond acceptors (Lipinski definition) is 4. The molecule has 1 N–H and O–H groups in total. The average molecular weight is 342 g/mol. The van der Waals surface area contributed by atoms with Gasteiger partial charge in [0.05, 0.1) is 19.7 Å². The summed E-state index contributed by atoms with van der Waals surface area (Å²) in [6, 6.07) is 10.8. The predicted molar refractivity (Wildman–Crippen MR) is 95.6 cm³/mol. The number of carbonyl (C=O) groups is 1. The normalized spacial score (nSPS) is 19.9. The lowest BCUT2D eigenvalue weighted by Crippen LogP contribution is -2.44. The zero-order valence-electron chi connectivity index (χ0n) is 13.8. The zero-order chi connectivity index (χ0) is 16.5. The molecule has 4 nitrogen and oxygen atoms in total. The third-order valence-corrected chi connectivity index (χ3v) is 5.83. The molecule has 0 radical (unpaired) electrons. The van der Waals surface area contributed by atoms with Gasteiger partial charge in [-0.15, -0.1) is 11.3 Å². The summed E-state index contributed by atoms with van der Waals surface area (Å²) in [5.74, 6) is 1.04. The van der Waals surface area contributed by atoms with Gasteiger partial charge in [0.25, 0.3) is 0 Å². The molecule has 2 heterocycles. The Labute approximate surface area is 146 Å². The SMILES string of the molecule is COc1ccc(C2c3ccsc3CCN2C(=O)CNC2CC2)cc1. The number of fused-ring (bicyclic) bond motifs is 1. The van der Waals surface area contributed by atoms with Crippen LogP contribution < -0.4 is 10.1 Å². The summed E-state index contributed by atoms with van der Waals surface area (Å²) in [6.07, 6.45) is 3.35. The molecule has 1 fully saturated rings. The number of rotatable bonds is 5. The Morgan fingerprint density at radius 3 is 2.79 bits per heavy atom. The molecular formula is C19H22N2O2S. The van der Waals surface area contributed by atoms with Crippen molar-refractivity contribution >= 4 is 17.2 Å². The van der Waals surface area contributed by atoms with Crippen molar-refractivity contribution in [3.8, 4) is 5.75 Å². The fourth-order valence-corrected chi connectivity index (χ4v) is 4.26. The van der Waals surface area contributed by atoms with Gasteiger partial charge in [-0.1, -0.05) is 12.1 Å². The van der Waals surface area contributed by atoms with Gasteiger partial charge in [0.15, 0.2) is 0 Å². The van der Waals surface area contributed by atoms with Crippen LogP contribution in [-0.4, -0.2) is 37.0 Å². The lowest BCUT2D eigenvalue weighted by molar-refractivity contribution is -0.132. The molecule has 1 aromatic carbocycles. The van der Waals surface area contributed by atoms with Crippen LogP contribution in [0.25, 0.3) is 0 Å². The van der Waals surface area contributed by atoms with Crippen LogP contribution in [0.5, 0.6) is 5.75 Å². The number of amides is 1. The van der Waals surface area contributed by atoms with E-state index in [-0.39, 0.29) is 11.9 Å². The van der Waals surface area contributed by atoms with Crippen LogP contribution in [0.1, 0.15) is 34.9 Å². The van der Waals surface area contributed by atoms with E-state index in [0.29, 0.717) is 12.6 Å². The summed E-state index contributed by atoms with van der Waals surface area (Å²) >= 11 is 1.80. The second kappa shape index (κ2) is 6.57. The van der Waals surface area contributed by atoms with E-state index >= 15 is 0 Å². The number of nitrogens with one attached hydrogen (secondary N) is 1. The first kappa shape index (κ1) is 15.7. The van der Waals surface area contributed by atoms with E-state index in [1.54, 1.807) is 18.4 Å². The zero-order valence-corrected chi connectivity index (χ0v) is 14.6. The van der Waals surface area contributed by atoms with Crippen molar-refractivity contribution in [1.82, 2.24) is 10.2 Å². The van der Waals surface area contributed by atoms with E-state index < -0.39 is 0 Å². The van der Waals surface area contributed by atoms with Crippen LogP contribution in [0.15, 0.2) is 35.7 Å². The molecule has 0 bridgehead atoms. The summed E-state index contributed by atoms with van der Waals surface area (Å²) in [6.45, 7) is 1.23. The molecule has 1 aromatic heterocycles. The maximum absolute atomic E-state index is 12.8. The molecule has 0 saturated heterocycles. The van der Waals surface area contributed by atoms with Gasteiger partial charge in [-0.05, 0) is 54.0 Å². The van der Waals surface area contributed by atoms with Gasteiger partial charge in [0, 0.05) is 17.5 Å². The molecule has 0 spiro atoms. The third-order valence-electron chi connectivity index (χ3n) is 4.84. The van der Waals surface area contributed by atoms with E-state index in [0.717, 1.165) is 24.3 Å². The number of nitrogens with zero attached hydrogens (tertiary/aromatic N) is 1. The van der Waals surface area contributed by atoms with Crippen LogP contribution in [0, 0.1) is 0 Å². The minimum atomic E-state index is 0.0133. The maximum Gasteiger partial charge on any atom is 0.237 e. The lowest BCUT2D eigenvalue weighted by Gasteiger charge is -2.36. The van der Waals surface area contributed by atoms with E-state index in [1.807, 2.05) is 17.0 Å². The van der Waals surface area contributed by atoms with Gasteiger partial charge in [0.1, 0.15) is 5.75 Å². The highest BCUT2D eigenvalue weighted by atomic mass is 32.1. The predicted octanol–water partition coefficient (Wildman–Crippen LogP) is 2.98. The number of ether oxygens (including phenoxy) is 1. The van der Waals surface area contributed by atoms with Gasteiger partial charge >= 0.3 is 0 Å². The fourth-order valence-electron chi connectivity index (χ4n) is 3.35. The number of carbonyl (C=O) groups excluding carboxylic acids is 1. The molecule has 1 aliphatic heterocycles. The highest BCUT2D eigenvalue weighted by Gasteiger charge is 2.33. The number of hydrogen-bond donors (Lipinski definition) is 1. The van der Waals surface area contributed by atoms with Crippen LogP contribution >= 0.6 is 11.3 Å². The highest BCUT2D eigenvalue weighted by Crippen LogP contribution is 2.38. The van der Waals surface area contributed by atoms with Gasteiger partial charge in [-0.3, -0.25) is 4.79 Å². The molecule has 1 aliphatic carbocycles. The van der Waals surface area contributed by atoms with Crippen LogP contribution in [-0.2, 0) is 11.2 Å². The number of thiophene rings is 1. The van der Waals surface area contributed by atoms with Crippen molar-refractivity contribution in [1.29, 1.82) is 0 Å². The molecule has 126 valence electrons. The van der Waals surface area contributed by atoms with Crippen LogP contribution in [0.2, 0.25) is 0 Å². The van der Waals surface area contributed by atoms with Crippen molar-refractivity contribution in [2.75, 3.05) is 20.2 Å². The van der Waals surface area contributed by atoms with Crippen LogP contribution in [0.4, 0.5) is 0 Å². The Bertz CT molecular complexity index is 721. The summed E-state index contributed by atoms with van der Waals surface area (Å²) in [4.78, 5) is 16.2. The first-order chi connectivity index (χ1) is 11.8. The average Bonchev–Trinajstić information content (AvgIpc) is 3.33. The molecule has 1 saturated carbocycles. The molecule has 4 rings (SSSR count). The summed E-state index contributed by atoms with van der Waals surface area (Å²) in [5.41, 5.74) is 2.42. The maximum atomic E-state index is 12.8. The van der Waals surface area contributed by atoms with Crippen molar-refractivity contribution in [3.05, 3.63) is 51.7 Å². The van der Waals surface area contributed by atoms with E-state index in [2.05, 4.69) is 28.9 Å². The number of methoxy groups -OCH3 is 1. The largest absolute Gasteiger partial charge is 0.497 e. The van der Waals surface area contributed by atoms with Crippen molar-refractivity contribution < 1.29 is 9.53 Å². The van der Waals surface area contributed by atoms with Crippen molar-refractivity contribution in [2.45, 2.75) is 31.3 Å². The Morgan fingerprint density at radius 2 is 2.08 bits per heavy atom. The van der Waals surface area contributed by atoms with Gasteiger partial charge < -0.3 is 15.0 Å². The molecule has 1 atom stereocenters. The Morgan fingerprint density at radius 1 is 1.29 bits per heavy atom. The summed E-state index contributed by atoms with van der Waals surface area (Å²) in [5, 5.41) is 5.49. The van der Waals surface area contributed by atoms with E-state index in [4.69, 9.17) is 4.74 Å². The third kappa shape index (κ3) is 3.06. The molecule has 5 heteroatoms. The molecule has 1 unspecified atom stereocenters. The van der Waals surface area contributed by atoms with Crippen molar-refractivity contribution in [3.63, 3.8) is 0 Å². The number of benzene rings is 1. The second-order valence-electron chi connectivity index (χ2n) is 6.47. The first-order valence-electron chi connectivity index (χ1n) is 8.49. The van der Waals surface area contributed by atoms with Crippen LogP contribution in [0.3, 0.4) is 0 Å². The fraction of sp³-hybridized carbons (Fsp3) is 0.421. The van der Waals surface area contributed by atoms with Crippen molar-refractivity contribution in [2.24, 2.45) is 0 Å². The van der Waals surface area contributed by atoms with E-state index in [9.17, 15) is 4.79 Å². The first-order valence-corrected chi connectivity index (χ1v) is 9.37. The quantitative estimate of drug-likeness (QED) is 0.908. The van der Waals surface area contributed by atoms with E-state index in [1.165, 1.54) is 23.3 Å². The summed E-state index contributed by atoms with van der Waals surface area (Å²) < 4.78 is 5.27. The topological polar surface area (TPSA) is 41.6 Å². The Balaban J connectivity index is 1.62. The Hall–Kier alpha value is -1.85. The highest BCUT2D eigenvalue weighted by molar-refractivity contribution is 7.10. The van der Waals surface area contributed by atoms with Gasteiger partial charge in [-0.2, -0.15) is 0 Å². The second-order valence-corrected chi connectivity index (χ2v) is 7.47. The molecular weight excluding hydrogens is 320 g/mol.